The van der Waals surface area contributed by atoms with Gasteiger partial charge >= 0.3 is 17.9 Å². The number of allylic oxidation sites excluding steroid dienone is 4. The van der Waals surface area contributed by atoms with Gasteiger partial charge in [0.25, 0.3) is 6.47 Å². The summed E-state index contributed by atoms with van der Waals surface area (Å²) in [6.45, 7) is 1.28. The standard InChI is InChI=1S/C31H32N2O10/c1-19-8-22(10-24(30(19)41)12-32(14-26(35)36)15-27(37)38)29(21-6-4-3-5-7-21)23-9-20(2)31(42)25(11-23)13-33(16-28(39)40)17-43-18-34/h3-11,18,41H,12-17H2,1-2H3,(H,35,36)(H,37,38)(H,39,40)/b29-23-. The van der Waals surface area contributed by atoms with E-state index in [-0.39, 0.29) is 43.4 Å². The highest BCUT2D eigenvalue weighted by Gasteiger charge is 2.24. The number of rotatable bonds is 15. The van der Waals surface area contributed by atoms with E-state index in [9.17, 15) is 44.4 Å². The van der Waals surface area contributed by atoms with E-state index in [0.29, 0.717) is 33.4 Å². The minimum Gasteiger partial charge on any atom is -0.507 e. The molecule has 0 amide bonds. The molecule has 0 heterocycles. The largest absolute Gasteiger partial charge is 0.507 e. The highest BCUT2D eigenvalue weighted by atomic mass is 16.5. The molecule has 0 saturated heterocycles. The molecule has 0 spiro atoms. The maximum atomic E-state index is 13.1. The van der Waals surface area contributed by atoms with Crippen LogP contribution in [0.2, 0.25) is 0 Å². The lowest BCUT2D eigenvalue weighted by atomic mass is 9.85. The maximum Gasteiger partial charge on any atom is 0.317 e. The van der Waals surface area contributed by atoms with Crippen LogP contribution in [0, 0.1) is 6.92 Å². The third-order valence-corrected chi connectivity index (χ3v) is 6.56. The molecule has 2 aromatic rings. The number of hydrogen-bond acceptors (Lipinski definition) is 9. The van der Waals surface area contributed by atoms with Crippen molar-refractivity contribution >= 4 is 35.7 Å². The number of Topliss-reactive ketones (excluding diaryl/α,β-unsaturated/α-hetero) is 1. The van der Waals surface area contributed by atoms with Crippen molar-refractivity contribution in [2.75, 3.05) is 32.9 Å². The number of carboxylic acid groups (broad SMARTS) is 3. The number of ether oxygens (including phenoxy) is 1. The average molecular weight is 593 g/mol. The first-order valence-corrected chi connectivity index (χ1v) is 13.1. The van der Waals surface area contributed by atoms with Crippen molar-refractivity contribution in [3.8, 4) is 5.75 Å². The summed E-state index contributed by atoms with van der Waals surface area (Å²) >= 11 is 0. The molecular formula is C31H32N2O10. The van der Waals surface area contributed by atoms with E-state index in [0.717, 1.165) is 5.56 Å². The second-order valence-corrected chi connectivity index (χ2v) is 10.0. The zero-order valence-corrected chi connectivity index (χ0v) is 23.6. The third-order valence-electron chi connectivity index (χ3n) is 6.56. The van der Waals surface area contributed by atoms with Gasteiger partial charge in [-0.1, -0.05) is 30.3 Å². The van der Waals surface area contributed by atoms with Crippen LogP contribution in [0.3, 0.4) is 0 Å². The maximum absolute atomic E-state index is 13.1. The van der Waals surface area contributed by atoms with Gasteiger partial charge in [-0.2, -0.15) is 0 Å². The molecule has 1 aliphatic carbocycles. The van der Waals surface area contributed by atoms with E-state index >= 15 is 0 Å². The van der Waals surface area contributed by atoms with Gasteiger partial charge in [-0.25, -0.2) is 0 Å². The lowest BCUT2D eigenvalue weighted by Gasteiger charge is -2.24. The first-order chi connectivity index (χ1) is 20.4. The molecule has 0 fully saturated rings. The number of hydrogen-bond donors (Lipinski definition) is 4. The van der Waals surface area contributed by atoms with Crippen LogP contribution in [-0.2, 0) is 35.3 Å². The molecule has 226 valence electrons. The molecule has 12 heteroatoms. The van der Waals surface area contributed by atoms with Crippen molar-refractivity contribution in [1.82, 2.24) is 9.80 Å². The SMILES string of the molecule is CC1=C/C(=C(\c2ccccc2)c2cc(C)c(O)c(CN(CC(=O)O)CC(=O)O)c2)C=C(CN(COC=O)CC(=O)O)C1=O. The molecule has 43 heavy (non-hydrogen) atoms. The minimum atomic E-state index is -1.22. The summed E-state index contributed by atoms with van der Waals surface area (Å²) in [5, 5.41) is 38.7. The minimum absolute atomic E-state index is 0.108. The lowest BCUT2D eigenvalue weighted by molar-refractivity contribution is -0.143. The fourth-order valence-electron chi connectivity index (χ4n) is 4.84. The van der Waals surface area contributed by atoms with E-state index in [2.05, 4.69) is 0 Å². The number of carbonyl (C=O) groups excluding carboxylic acids is 2. The van der Waals surface area contributed by atoms with Crippen LogP contribution in [0.1, 0.15) is 29.2 Å². The molecule has 0 bridgehead atoms. The normalized spacial score (nSPS) is 14.3. The Morgan fingerprint density at radius 1 is 0.837 bits per heavy atom. The first kappa shape index (κ1) is 32.4. The van der Waals surface area contributed by atoms with Crippen LogP contribution in [0.15, 0.2) is 71.3 Å². The van der Waals surface area contributed by atoms with Crippen molar-refractivity contribution in [3.05, 3.63) is 93.6 Å². The summed E-state index contributed by atoms with van der Waals surface area (Å²) in [4.78, 5) is 60.5. The Bertz CT molecular complexity index is 1490. The number of aromatic hydroxyl groups is 1. The zero-order valence-electron chi connectivity index (χ0n) is 23.6. The van der Waals surface area contributed by atoms with Gasteiger partial charge in [-0.15, -0.1) is 0 Å². The van der Waals surface area contributed by atoms with Crippen LogP contribution >= 0.6 is 0 Å². The van der Waals surface area contributed by atoms with Gasteiger partial charge in [0, 0.05) is 24.2 Å². The number of aliphatic carboxylic acids is 3. The van der Waals surface area contributed by atoms with E-state index in [1.807, 2.05) is 30.3 Å². The highest BCUT2D eigenvalue weighted by molar-refractivity contribution is 6.11. The van der Waals surface area contributed by atoms with Crippen LogP contribution in [0.4, 0.5) is 0 Å². The van der Waals surface area contributed by atoms with Crippen molar-refractivity contribution in [2.45, 2.75) is 20.4 Å². The molecule has 2 aromatic carbocycles. The number of phenolic OH excluding ortho intramolecular Hbond substituents is 1. The van der Waals surface area contributed by atoms with Gasteiger partial charge in [0.2, 0.25) is 0 Å². The first-order valence-electron chi connectivity index (χ1n) is 13.1. The second-order valence-electron chi connectivity index (χ2n) is 10.0. The average Bonchev–Trinajstić information content (AvgIpc) is 2.92. The smallest absolute Gasteiger partial charge is 0.317 e. The molecule has 3 rings (SSSR count). The van der Waals surface area contributed by atoms with Crippen molar-refractivity contribution < 1.29 is 49.1 Å². The van der Waals surface area contributed by atoms with E-state index < -0.39 is 37.5 Å². The number of carbonyl (C=O) groups is 5. The lowest BCUT2D eigenvalue weighted by Crippen LogP contribution is -2.35. The third kappa shape index (κ3) is 8.96. The summed E-state index contributed by atoms with van der Waals surface area (Å²) in [7, 11) is 0. The molecule has 4 N–H and O–H groups in total. The summed E-state index contributed by atoms with van der Waals surface area (Å²) in [6.07, 6.45) is 3.33. The van der Waals surface area contributed by atoms with Gasteiger partial charge in [-0.05, 0) is 71.5 Å². The Morgan fingerprint density at radius 3 is 2.02 bits per heavy atom. The van der Waals surface area contributed by atoms with E-state index in [4.69, 9.17) is 4.74 Å². The molecule has 0 atom stereocenters. The predicted molar refractivity (Wildman–Crippen MR) is 154 cm³/mol. The number of nitrogens with zero attached hydrogens (tertiary/aromatic N) is 2. The molecular weight excluding hydrogens is 560 g/mol. The van der Waals surface area contributed by atoms with Gasteiger partial charge in [0.1, 0.15) is 12.5 Å². The molecule has 12 nitrogen and oxygen atoms in total. The quantitative estimate of drug-likeness (QED) is 0.175. The fraction of sp³-hybridized carbons (Fsp3) is 0.258. The topological polar surface area (TPSA) is 182 Å². The van der Waals surface area contributed by atoms with E-state index in [1.54, 1.807) is 38.1 Å². The second kappa shape index (κ2) is 14.7. The zero-order chi connectivity index (χ0) is 31.7. The van der Waals surface area contributed by atoms with E-state index in [1.165, 1.54) is 9.80 Å². The summed E-state index contributed by atoms with van der Waals surface area (Å²) in [5.41, 5.74) is 4.05. The number of ketones is 1. The monoisotopic (exact) mass is 592 g/mol. The summed E-state index contributed by atoms with van der Waals surface area (Å²) in [5.74, 6) is -4.03. The number of carboxylic acids is 3. The Kier molecular flexibility index (Phi) is 11.1. The highest BCUT2D eigenvalue weighted by Crippen LogP contribution is 2.36. The van der Waals surface area contributed by atoms with Crippen molar-refractivity contribution in [3.63, 3.8) is 0 Å². The molecule has 0 saturated carbocycles. The summed E-state index contributed by atoms with van der Waals surface area (Å²) < 4.78 is 4.75. The molecule has 0 unspecified atom stereocenters. The van der Waals surface area contributed by atoms with Crippen LogP contribution in [-0.4, -0.2) is 93.3 Å². The Balaban J connectivity index is 2.20. The Morgan fingerprint density at radius 2 is 1.44 bits per heavy atom. The predicted octanol–water partition coefficient (Wildman–Crippen LogP) is 2.45. The molecule has 0 aliphatic heterocycles. The summed E-state index contributed by atoms with van der Waals surface area (Å²) in [6, 6.07) is 12.6. The van der Waals surface area contributed by atoms with Crippen LogP contribution < -0.4 is 0 Å². The Labute approximate surface area is 247 Å². The molecule has 0 aromatic heterocycles. The van der Waals surface area contributed by atoms with Gasteiger partial charge in [-0.3, -0.25) is 33.8 Å². The fourth-order valence-corrected chi connectivity index (χ4v) is 4.84. The molecule has 1 aliphatic rings. The van der Waals surface area contributed by atoms with Crippen molar-refractivity contribution in [2.24, 2.45) is 0 Å². The van der Waals surface area contributed by atoms with Crippen LogP contribution in [0.25, 0.3) is 5.57 Å². The number of aryl methyl sites for hydroxylation is 1. The van der Waals surface area contributed by atoms with Gasteiger partial charge in [0.15, 0.2) is 5.78 Å². The van der Waals surface area contributed by atoms with Crippen LogP contribution in [0.5, 0.6) is 5.75 Å². The number of benzene rings is 2. The van der Waals surface area contributed by atoms with Crippen molar-refractivity contribution in [1.29, 1.82) is 0 Å². The van der Waals surface area contributed by atoms with Gasteiger partial charge in [0.05, 0.1) is 19.6 Å². The molecule has 0 radical (unpaired) electrons. The van der Waals surface area contributed by atoms with Gasteiger partial charge < -0.3 is 25.2 Å². The Hall–Kier alpha value is -5.07. The number of phenols is 1.